The quantitative estimate of drug-likeness (QED) is 0.770. The molecule has 28 heavy (non-hydrogen) atoms. The highest BCUT2D eigenvalue weighted by atomic mass is 35.5. The maximum Gasteiger partial charge on any atom is 0.227 e. The number of aryl methyl sites for hydroxylation is 1. The molecule has 1 aromatic rings. The molecule has 0 saturated carbocycles. The molecule has 4 heterocycles. The fraction of sp³-hybridized carbons (Fsp3) is 0.789. The zero-order valence-corrected chi connectivity index (χ0v) is 18.2. The molecule has 3 saturated heterocycles. The van der Waals surface area contributed by atoms with Crippen molar-refractivity contribution in [2.45, 2.75) is 18.8 Å². The number of rotatable bonds is 4. The molecule has 3 fully saturated rings. The van der Waals surface area contributed by atoms with Crippen LogP contribution in [0.4, 0.5) is 0 Å². The van der Waals surface area contributed by atoms with Crippen LogP contribution < -0.4 is 5.32 Å². The summed E-state index contributed by atoms with van der Waals surface area (Å²) in [7, 11) is 1.93. The van der Waals surface area contributed by atoms with E-state index in [2.05, 4.69) is 26.4 Å². The zero-order valence-electron chi connectivity index (χ0n) is 16.6. The number of ether oxygens (including phenoxy) is 1. The summed E-state index contributed by atoms with van der Waals surface area (Å²) in [4.78, 5) is 17.9. The van der Waals surface area contributed by atoms with E-state index < -0.39 is 0 Å². The number of hydrogen-bond acceptors (Lipinski definition) is 5. The predicted molar refractivity (Wildman–Crippen MR) is 113 cm³/mol. The van der Waals surface area contributed by atoms with E-state index in [1.54, 1.807) is 0 Å². The second kappa shape index (κ2) is 10.8. The van der Waals surface area contributed by atoms with Crippen molar-refractivity contribution in [1.29, 1.82) is 0 Å². The Morgan fingerprint density at radius 2 is 2.04 bits per heavy atom. The summed E-state index contributed by atoms with van der Waals surface area (Å²) in [6.45, 7) is 8.31. The van der Waals surface area contributed by atoms with Crippen LogP contribution in [0.15, 0.2) is 12.4 Å². The van der Waals surface area contributed by atoms with E-state index >= 15 is 0 Å². The van der Waals surface area contributed by atoms with Gasteiger partial charge in [0.05, 0.1) is 25.3 Å². The Balaban J connectivity index is 0.00000140. The molecule has 0 radical (unpaired) electrons. The first kappa shape index (κ1) is 23.4. The van der Waals surface area contributed by atoms with Crippen molar-refractivity contribution in [3.8, 4) is 0 Å². The van der Waals surface area contributed by atoms with Gasteiger partial charge in [-0.2, -0.15) is 5.10 Å². The third kappa shape index (κ3) is 5.39. The summed E-state index contributed by atoms with van der Waals surface area (Å²) >= 11 is 0. The standard InChI is InChI=1S/C19H31N5O2.2ClH/c1-22-14-16(9-21-22)17-10-20-11-18(17)19(25)24-4-2-3-15(13-24)12-23-5-7-26-8-6-23;;/h9,14-15,17-18,20H,2-8,10-13H2,1H3;2*1H/t15?,17-,18+;;/m1../s1. The molecule has 4 rings (SSSR count). The minimum absolute atomic E-state index is 0. The lowest BCUT2D eigenvalue weighted by Crippen LogP contribution is -2.48. The number of likely N-dealkylation sites (tertiary alicyclic amines) is 1. The first-order chi connectivity index (χ1) is 12.7. The average molecular weight is 434 g/mol. The van der Waals surface area contributed by atoms with Gasteiger partial charge in [0, 0.05) is 65.0 Å². The number of nitrogens with zero attached hydrogens (tertiary/aromatic N) is 4. The maximum atomic E-state index is 13.3. The summed E-state index contributed by atoms with van der Waals surface area (Å²) in [5.74, 6) is 1.21. The highest BCUT2D eigenvalue weighted by Gasteiger charge is 2.38. The van der Waals surface area contributed by atoms with Gasteiger partial charge >= 0.3 is 0 Å². The highest BCUT2D eigenvalue weighted by molar-refractivity contribution is 5.85. The van der Waals surface area contributed by atoms with Gasteiger partial charge in [-0.05, 0) is 24.3 Å². The van der Waals surface area contributed by atoms with E-state index in [1.165, 1.54) is 12.0 Å². The molecule has 3 aliphatic heterocycles. The van der Waals surface area contributed by atoms with Crippen molar-refractivity contribution in [2.75, 3.05) is 59.0 Å². The average Bonchev–Trinajstić information content (AvgIpc) is 3.31. The summed E-state index contributed by atoms with van der Waals surface area (Å²) in [5.41, 5.74) is 1.18. The van der Waals surface area contributed by atoms with Crippen molar-refractivity contribution in [1.82, 2.24) is 24.9 Å². The zero-order chi connectivity index (χ0) is 17.9. The number of nitrogens with one attached hydrogen (secondary N) is 1. The molecule has 0 spiro atoms. The van der Waals surface area contributed by atoms with Gasteiger partial charge < -0.3 is 15.0 Å². The molecule has 1 amide bonds. The number of amides is 1. The van der Waals surface area contributed by atoms with Gasteiger partial charge in [-0.25, -0.2) is 0 Å². The number of halogens is 2. The van der Waals surface area contributed by atoms with Crippen LogP contribution in [0, 0.1) is 11.8 Å². The van der Waals surface area contributed by atoms with Gasteiger partial charge in [0.25, 0.3) is 0 Å². The van der Waals surface area contributed by atoms with Gasteiger partial charge in [0.15, 0.2) is 0 Å². The fourth-order valence-electron chi connectivity index (χ4n) is 4.72. The number of piperidine rings is 1. The number of aromatic nitrogens is 2. The van der Waals surface area contributed by atoms with E-state index in [0.29, 0.717) is 11.8 Å². The Kier molecular flexibility index (Phi) is 9.02. The van der Waals surface area contributed by atoms with E-state index in [9.17, 15) is 4.79 Å². The van der Waals surface area contributed by atoms with Crippen LogP contribution in [0.3, 0.4) is 0 Å². The molecule has 3 atom stereocenters. The van der Waals surface area contributed by atoms with E-state index in [-0.39, 0.29) is 36.6 Å². The molecule has 1 N–H and O–H groups in total. The van der Waals surface area contributed by atoms with Crippen molar-refractivity contribution >= 4 is 30.7 Å². The first-order valence-corrected chi connectivity index (χ1v) is 9.99. The Hall–Kier alpha value is -0.860. The maximum absolute atomic E-state index is 13.3. The largest absolute Gasteiger partial charge is 0.379 e. The second-order valence-electron chi connectivity index (χ2n) is 8.02. The van der Waals surface area contributed by atoms with Crippen LogP contribution >= 0.6 is 24.8 Å². The molecule has 9 heteroatoms. The Morgan fingerprint density at radius 3 is 2.75 bits per heavy atom. The van der Waals surface area contributed by atoms with Crippen molar-refractivity contribution in [3.63, 3.8) is 0 Å². The highest BCUT2D eigenvalue weighted by Crippen LogP contribution is 2.30. The van der Waals surface area contributed by atoms with Crippen LogP contribution in [-0.2, 0) is 16.6 Å². The van der Waals surface area contributed by atoms with Crippen LogP contribution in [0.25, 0.3) is 0 Å². The third-order valence-corrected chi connectivity index (χ3v) is 6.14. The minimum Gasteiger partial charge on any atom is -0.379 e. The second-order valence-corrected chi connectivity index (χ2v) is 8.02. The lowest BCUT2D eigenvalue weighted by Gasteiger charge is -2.38. The van der Waals surface area contributed by atoms with Gasteiger partial charge in [-0.15, -0.1) is 24.8 Å². The molecular formula is C19H33Cl2N5O2. The predicted octanol–water partition coefficient (Wildman–Crippen LogP) is 1.14. The summed E-state index contributed by atoms with van der Waals surface area (Å²) in [6, 6.07) is 0. The van der Waals surface area contributed by atoms with E-state index in [1.807, 2.05) is 17.9 Å². The Labute approximate surface area is 180 Å². The lowest BCUT2D eigenvalue weighted by molar-refractivity contribution is -0.137. The molecule has 3 aliphatic rings. The van der Waals surface area contributed by atoms with Crippen LogP contribution in [0.2, 0.25) is 0 Å². The summed E-state index contributed by atoms with van der Waals surface area (Å²) in [6.07, 6.45) is 6.32. The fourth-order valence-corrected chi connectivity index (χ4v) is 4.72. The molecule has 7 nitrogen and oxygen atoms in total. The van der Waals surface area contributed by atoms with Crippen LogP contribution in [0.1, 0.15) is 24.3 Å². The summed E-state index contributed by atoms with van der Waals surface area (Å²) < 4.78 is 7.28. The van der Waals surface area contributed by atoms with Gasteiger partial charge in [0.2, 0.25) is 5.91 Å². The first-order valence-electron chi connectivity index (χ1n) is 9.99. The van der Waals surface area contributed by atoms with Gasteiger partial charge in [0.1, 0.15) is 0 Å². The molecule has 1 unspecified atom stereocenters. The van der Waals surface area contributed by atoms with Gasteiger partial charge in [-0.1, -0.05) is 0 Å². The molecule has 0 bridgehead atoms. The Bertz CT molecular complexity index is 623. The number of morpholine rings is 1. The van der Waals surface area contributed by atoms with Crippen LogP contribution in [-0.4, -0.2) is 84.5 Å². The number of hydrogen-bond donors (Lipinski definition) is 1. The van der Waals surface area contributed by atoms with Crippen molar-refractivity contribution in [3.05, 3.63) is 18.0 Å². The number of carbonyl (C=O) groups excluding carboxylic acids is 1. The molecule has 0 aromatic carbocycles. The van der Waals surface area contributed by atoms with Crippen molar-refractivity contribution < 1.29 is 9.53 Å². The monoisotopic (exact) mass is 433 g/mol. The topological polar surface area (TPSA) is 62.6 Å². The lowest BCUT2D eigenvalue weighted by atomic mass is 9.88. The molecule has 160 valence electrons. The third-order valence-electron chi connectivity index (χ3n) is 6.14. The SMILES string of the molecule is Cl.Cl.Cn1cc([C@H]2CNC[C@@H]2C(=O)N2CCCC(CN3CCOCC3)C2)cn1. The molecule has 1 aromatic heterocycles. The number of carbonyl (C=O) groups is 1. The summed E-state index contributed by atoms with van der Waals surface area (Å²) in [5, 5.41) is 7.71. The van der Waals surface area contributed by atoms with Crippen LogP contribution in [0.5, 0.6) is 0 Å². The molecular weight excluding hydrogens is 401 g/mol. The smallest absolute Gasteiger partial charge is 0.227 e. The normalized spacial score (nSPS) is 28.5. The Morgan fingerprint density at radius 1 is 1.25 bits per heavy atom. The van der Waals surface area contributed by atoms with Gasteiger partial charge in [-0.3, -0.25) is 14.4 Å². The molecule has 0 aliphatic carbocycles. The minimum atomic E-state index is 0. The van der Waals surface area contributed by atoms with Crippen molar-refractivity contribution in [2.24, 2.45) is 18.9 Å². The van der Waals surface area contributed by atoms with E-state index in [4.69, 9.17) is 4.74 Å². The van der Waals surface area contributed by atoms with E-state index in [0.717, 1.165) is 65.4 Å².